The van der Waals surface area contributed by atoms with Gasteiger partial charge in [-0.05, 0) is 46.2 Å². The first-order valence-electron chi connectivity index (χ1n) is 10.00. The third kappa shape index (κ3) is 3.64. The predicted molar refractivity (Wildman–Crippen MR) is 111 cm³/mol. The minimum absolute atomic E-state index is 0.0576. The number of nitrogens with one attached hydrogen (secondary N) is 2. The Balaban J connectivity index is 1.79. The lowest BCUT2D eigenvalue weighted by atomic mass is 10.0. The van der Waals surface area contributed by atoms with E-state index in [1.807, 2.05) is 22.9 Å². The van der Waals surface area contributed by atoms with E-state index in [1.54, 1.807) is 6.20 Å². The monoisotopic (exact) mass is 377 g/mol. The van der Waals surface area contributed by atoms with Crippen LogP contribution in [0, 0.1) is 6.92 Å². The number of nitrogens with zero attached hydrogens (tertiary/aromatic N) is 3. The largest absolute Gasteiger partial charge is 0.348 e. The second-order valence-corrected chi connectivity index (χ2v) is 7.86. The number of amides is 1. The number of fused-ring (bicyclic) bond motifs is 1. The van der Waals surface area contributed by atoms with Gasteiger partial charge >= 0.3 is 0 Å². The third-order valence-corrected chi connectivity index (χ3v) is 5.28. The van der Waals surface area contributed by atoms with Gasteiger partial charge in [-0.3, -0.25) is 4.79 Å². The van der Waals surface area contributed by atoms with Gasteiger partial charge in [-0.1, -0.05) is 29.8 Å². The first-order chi connectivity index (χ1) is 13.5. The Labute approximate surface area is 165 Å². The lowest BCUT2D eigenvalue weighted by molar-refractivity contribution is 0.0932. The van der Waals surface area contributed by atoms with Crippen molar-refractivity contribution in [3.63, 3.8) is 0 Å². The second-order valence-electron chi connectivity index (χ2n) is 7.86. The normalized spacial score (nSPS) is 17.2. The van der Waals surface area contributed by atoms with Crippen molar-refractivity contribution in [2.45, 2.75) is 45.7 Å². The molecular weight excluding hydrogens is 350 g/mol. The molecule has 1 saturated heterocycles. The van der Waals surface area contributed by atoms with Crippen LogP contribution in [0.2, 0.25) is 0 Å². The summed E-state index contributed by atoms with van der Waals surface area (Å²) in [7, 11) is 0. The molecule has 1 amide bonds. The molecule has 1 fully saturated rings. The number of hydrogen-bond acceptors (Lipinski definition) is 4. The molecular formula is C22H27N5O. The molecule has 2 aromatic heterocycles. The van der Waals surface area contributed by atoms with Crippen molar-refractivity contribution in [2.75, 3.05) is 13.1 Å². The minimum Gasteiger partial charge on any atom is -0.348 e. The quantitative estimate of drug-likeness (QED) is 0.730. The van der Waals surface area contributed by atoms with Gasteiger partial charge in [0, 0.05) is 24.2 Å². The Morgan fingerprint density at radius 2 is 2.07 bits per heavy atom. The molecule has 1 aromatic carbocycles. The average molecular weight is 377 g/mol. The van der Waals surface area contributed by atoms with Crippen LogP contribution in [0.1, 0.15) is 48.7 Å². The summed E-state index contributed by atoms with van der Waals surface area (Å²) in [5, 5.41) is 11.8. The number of carbonyl (C=O) groups is 1. The van der Waals surface area contributed by atoms with Crippen molar-refractivity contribution in [2.24, 2.45) is 0 Å². The molecule has 0 unspecified atom stereocenters. The first-order valence-corrected chi connectivity index (χ1v) is 10.00. The number of benzene rings is 1. The molecule has 0 bridgehead atoms. The number of rotatable bonds is 4. The van der Waals surface area contributed by atoms with Crippen molar-refractivity contribution < 1.29 is 4.79 Å². The van der Waals surface area contributed by atoms with Crippen molar-refractivity contribution in [1.29, 1.82) is 0 Å². The molecule has 1 atom stereocenters. The van der Waals surface area contributed by atoms with Crippen LogP contribution in [0.5, 0.6) is 0 Å². The maximum atomic E-state index is 13.1. The van der Waals surface area contributed by atoms with Crippen LogP contribution in [-0.4, -0.2) is 39.8 Å². The maximum Gasteiger partial charge on any atom is 0.252 e. The SMILES string of the molecule is Cc1ccc(-c2cc(C(=O)N[C@H]3CCCNC3)c3cnn(C(C)C)c3n2)cc1. The van der Waals surface area contributed by atoms with Gasteiger partial charge in [0.05, 0.1) is 22.8 Å². The molecule has 28 heavy (non-hydrogen) atoms. The highest BCUT2D eigenvalue weighted by Gasteiger charge is 2.21. The van der Waals surface area contributed by atoms with Crippen LogP contribution >= 0.6 is 0 Å². The zero-order valence-electron chi connectivity index (χ0n) is 16.7. The van der Waals surface area contributed by atoms with Gasteiger partial charge < -0.3 is 10.6 Å². The fraction of sp³-hybridized carbons (Fsp3) is 0.409. The minimum atomic E-state index is -0.0576. The number of hydrogen-bond donors (Lipinski definition) is 2. The Bertz CT molecular complexity index is 984. The van der Waals surface area contributed by atoms with E-state index < -0.39 is 0 Å². The van der Waals surface area contributed by atoms with Gasteiger partial charge in [-0.15, -0.1) is 0 Å². The Hall–Kier alpha value is -2.73. The van der Waals surface area contributed by atoms with E-state index in [0.717, 1.165) is 48.2 Å². The van der Waals surface area contributed by atoms with E-state index in [0.29, 0.717) is 5.56 Å². The maximum absolute atomic E-state index is 13.1. The predicted octanol–water partition coefficient (Wildman–Crippen LogP) is 3.47. The van der Waals surface area contributed by atoms with Gasteiger partial charge in [0.2, 0.25) is 0 Å². The fourth-order valence-electron chi connectivity index (χ4n) is 3.69. The lowest BCUT2D eigenvalue weighted by Crippen LogP contribution is -2.45. The molecule has 3 aromatic rings. The summed E-state index contributed by atoms with van der Waals surface area (Å²) in [6.45, 7) is 8.03. The zero-order chi connectivity index (χ0) is 19.7. The molecule has 0 saturated carbocycles. The Morgan fingerprint density at radius 1 is 1.29 bits per heavy atom. The highest BCUT2D eigenvalue weighted by Crippen LogP contribution is 2.27. The molecule has 6 nitrogen and oxygen atoms in total. The number of piperidine rings is 1. The van der Waals surface area contributed by atoms with Gasteiger partial charge in [0.15, 0.2) is 5.65 Å². The smallest absolute Gasteiger partial charge is 0.252 e. The summed E-state index contributed by atoms with van der Waals surface area (Å²) in [6.07, 6.45) is 3.84. The average Bonchev–Trinajstić information content (AvgIpc) is 3.13. The molecule has 4 rings (SSSR count). The summed E-state index contributed by atoms with van der Waals surface area (Å²) in [5.74, 6) is -0.0576. The van der Waals surface area contributed by atoms with Crippen LogP contribution < -0.4 is 10.6 Å². The van der Waals surface area contributed by atoms with Crippen LogP contribution in [0.15, 0.2) is 36.5 Å². The van der Waals surface area contributed by atoms with Gasteiger partial charge in [-0.25, -0.2) is 9.67 Å². The van der Waals surface area contributed by atoms with Crippen molar-refractivity contribution in [3.05, 3.63) is 47.7 Å². The number of aromatic nitrogens is 3. The molecule has 1 aliphatic heterocycles. The Morgan fingerprint density at radius 3 is 2.75 bits per heavy atom. The topological polar surface area (TPSA) is 71.8 Å². The van der Waals surface area contributed by atoms with Gasteiger partial charge in [0.25, 0.3) is 5.91 Å². The molecule has 1 aliphatic rings. The Kier molecular flexibility index (Phi) is 5.13. The van der Waals surface area contributed by atoms with E-state index in [1.165, 1.54) is 5.56 Å². The number of pyridine rings is 1. The summed E-state index contributed by atoms with van der Waals surface area (Å²) in [6, 6.07) is 10.4. The van der Waals surface area contributed by atoms with E-state index in [9.17, 15) is 4.79 Å². The van der Waals surface area contributed by atoms with Crippen molar-refractivity contribution in [1.82, 2.24) is 25.4 Å². The second kappa shape index (κ2) is 7.72. The van der Waals surface area contributed by atoms with E-state index in [2.05, 4.69) is 48.6 Å². The van der Waals surface area contributed by atoms with Crippen LogP contribution in [-0.2, 0) is 0 Å². The summed E-state index contributed by atoms with van der Waals surface area (Å²) in [5.41, 5.74) is 4.37. The zero-order valence-corrected chi connectivity index (χ0v) is 16.7. The number of carbonyl (C=O) groups excluding carboxylic acids is 1. The highest BCUT2D eigenvalue weighted by molar-refractivity contribution is 6.06. The third-order valence-electron chi connectivity index (χ3n) is 5.28. The number of aryl methyl sites for hydroxylation is 1. The summed E-state index contributed by atoms with van der Waals surface area (Å²) >= 11 is 0. The van der Waals surface area contributed by atoms with E-state index in [4.69, 9.17) is 4.98 Å². The molecule has 2 N–H and O–H groups in total. The molecule has 0 spiro atoms. The molecule has 0 aliphatic carbocycles. The van der Waals surface area contributed by atoms with Crippen molar-refractivity contribution >= 4 is 16.9 Å². The van der Waals surface area contributed by atoms with Crippen molar-refractivity contribution in [3.8, 4) is 11.3 Å². The van der Waals surface area contributed by atoms with Gasteiger partial charge in [0.1, 0.15) is 0 Å². The van der Waals surface area contributed by atoms with E-state index >= 15 is 0 Å². The van der Waals surface area contributed by atoms with Crippen LogP contribution in [0.25, 0.3) is 22.3 Å². The molecule has 3 heterocycles. The molecule has 6 heteroatoms. The fourth-order valence-corrected chi connectivity index (χ4v) is 3.69. The van der Waals surface area contributed by atoms with Gasteiger partial charge in [-0.2, -0.15) is 5.10 Å². The summed E-state index contributed by atoms with van der Waals surface area (Å²) < 4.78 is 1.88. The molecule has 0 radical (unpaired) electrons. The highest BCUT2D eigenvalue weighted by atomic mass is 16.1. The van der Waals surface area contributed by atoms with Crippen LogP contribution in [0.4, 0.5) is 0 Å². The van der Waals surface area contributed by atoms with E-state index in [-0.39, 0.29) is 18.0 Å². The summed E-state index contributed by atoms with van der Waals surface area (Å²) in [4.78, 5) is 18.0. The standard InChI is InChI=1S/C22H27N5O/c1-14(2)27-21-19(13-24-27)18(22(28)25-17-5-4-10-23-12-17)11-20(26-21)16-8-6-15(3)7-9-16/h6-9,11,13-14,17,23H,4-5,10,12H2,1-3H3,(H,25,28)/t17-/m0/s1. The van der Waals surface area contributed by atoms with Crippen LogP contribution in [0.3, 0.4) is 0 Å². The molecule has 146 valence electrons. The lowest BCUT2D eigenvalue weighted by Gasteiger charge is -2.24. The first kappa shape index (κ1) is 18.6.